The number of fused-ring (bicyclic) bond motifs is 1. The van der Waals surface area contributed by atoms with Crippen molar-refractivity contribution in [1.29, 1.82) is 0 Å². The Morgan fingerprint density at radius 3 is 2.46 bits per heavy atom. The van der Waals surface area contributed by atoms with Crippen LogP contribution < -0.4 is 15.1 Å². The first-order valence-electron chi connectivity index (χ1n) is 13.3. The average Bonchev–Trinajstić information content (AvgIpc) is 2.90. The number of aliphatic imine (C=N–C) groups is 1. The molecular weight excluding hydrogens is 460 g/mol. The number of piperazine rings is 1. The monoisotopic (exact) mass is 498 g/mol. The fourth-order valence-electron chi connectivity index (χ4n) is 5.53. The summed E-state index contributed by atoms with van der Waals surface area (Å²) >= 11 is 0. The number of para-hydroxylation sites is 1. The summed E-state index contributed by atoms with van der Waals surface area (Å²) in [6.07, 6.45) is 6.20. The standard InChI is InChI=1S/C30H38N6O/c1-5-23-10-15-29(37)36(27-20-24-8-6-7-9-28(24)34(4)21-27)30(23)32-22(2)31-25-11-13-26(14-12-25)35-18-16-33(3)17-19-35/h5-15,22,27,31H,16-21H2,1-4H3/b23-5-,32-30+. The van der Waals surface area contributed by atoms with Gasteiger partial charge in [-0.1, -0.05) is 24.3 Å². The molecule has 2 unspecified atom stereocenters. The van der Waals surface area contributed by atoms with Gasteiger partial charge in [-0.25, -0.2) is 4.99 Å². The van der Waals surface area contributed by atoms with Crippen molar-refractivity contribution < 1.29 is 4.79 Å². The molecule has 5 rings (SSSR count). The van der Waals surface area contributed by atoms with Crippen LogP contribution in [0.25, 0.3) is 0 Å². The number of allylic oxidation sites excluding steroid dienone is 1. The summed E-state index contributed by atoms with van der Waals surface area (Å²) in [5.74, 6) is 0.729. The van der Waals surface area contributed by atoms with E-state index in [0.717, 1.165) is 56.2 Å². The van der Waals surface area contributed by atoms with Crippen molar-refractivity contribution in [3.05, 3.63) is 77.9 Å². The van der Waals surface area contributed by atoms with Gasteiger partial charge in [0, 0.05) is 68.5 Å². The van der Waals surface area contributed by atoms with Gasteiger partial charge in [0.25, 0.3) is 5.91 Å². The summed E-state index contributed by atoms with van der Waals surface area (Å²) in [4.78, 5) is 27.2. The Kier molecular flexibility index (Phi) is 7.33. The fourth-order valence-corrected chi connectivity index (χ4v) is 5.53. The quantitative estimate of drug-likeness (QED) is 0.676. The minimum atomic E-state index is -0.199. The SMILES string of the molecule is C/C=C1/C=CC(=O)N(C2Cc3ccccc3N(C)C2)/C1=N/C(C)Nc1ccc(N2CCN(C)CC2)cc1. The number of amides is 1. The Hall–Kier alpha value is -3.58. The number of carbonyl (C=O) groups excluding carboxylic acids is 1. The van der Waals surface area contributed by atoms with Gasteiger partial charge in [-0.2, -0.15) is 0 Å². The molecule has 3 aliphatic heterocycles. The molecule has 3 heterocycles. The van der Waals surface area contributed by atoms with Crippen molar-refractivity contribution in [1.82, 2.24) is 9.80 Å². The number of nitrogens with one attached hydrogen (secondary N) is 1. The maximum Gasteiger partial charge on any atom is 0.252 e. The number of nitrogens with zero attached hydrogens (tertiary/aromatic N) is 5. The van der Waals surface area contributed by atoms with Crippen LogP contribution >= 0.6 is 0 Å². The van der Waals surface area contributed by atoms with E-state index in [1.54, 1.807) is 6.08 Å². The molecule has 37 heavy (non-hydrogen) atoms. The topological polar surface area (TPSA) is 54.4 Å². The van der Waals surface area contributed by atoms with Gasteiger partial charge in [0.05, 0.1) is 6.04 Å². The first-order valence-corrected chi connectivity index (χ1v) is 13.3. The maximum absolute atomic E-state index is 13.2. The summed E-state index contributed by atoms with van der Waals surface area (Å²) < 4.78 is 0. The molecule has 0 bridgehead atoms. The lowest BCUT2D eigenvalue weighted by Crippen LogP contribution is -2.53. The lowest BCUT2D eigenvalue weighted by molar-refractivity contribution is -0.124. The molecule has 0 saturated carbocycles. The van der Waals surface area contributed by atoms with Crippen LogP contribution in [-0.2, 0) is 11.2 Å². The molecule has 1 amide bonds. The molecule has 0 aliphatic carbocycles. The van der Waals surface area contributed by atoms with Crippen LogP contribution in [0.2, 0.25) is 0 Å². The molecular formula is C30H38N6O. The Bertz CT molecular complexity index is 1210. The normalized spacial score (nSPS) is 23.5. The van der Waals surface area contributed by atoms with E-state index in [-0.39, 0.29) is 18.1 Å². The Morgan fingerprint density at radius 2 is 1.73 bits per heavy atom. The van der Waals surface area contributed by atoms with Crippen molar-refractivity contribution in [2.75, 3.05) is 61.9 Å². The van der Waals surface area contributed by atoms with E-state index in [1.165, 1.54) is 16.9 Å². The van der Waals surface area contributed by atoms with Gasteiger partial charge in [0.2, 0.25) is 0 Å². The summed E-state index contributed by atoms with van der Waals surface area (Å²) in [5, 5.41) is 3.52. The highest BCUT2D eigenvalue weighted by Crippen LogP contribution is 2.30. The van der Waals surface area contributed by atoms with E-state index in [4.69, 9.17) is 4.99 Å². The average molecular weight is 499 g/mol. The first kappa shape index (κ1) is 25.1. The molecule has 7 heteroatoms. The Balaban J connectivity index is 1.34. The van der Waals surface area contributed by atoms with Crippen LogP contribution in [0, 0.1) is 0 Å². The van der Waals surface area contributed by atoms with Crippen LogP contribution in [-0.4, -0.2) is 80.6 Å². The van der Waals surface area contributed by atoms with E-state index in [1.807, 2.05) is 30.9 Å². The number of hydrogen-bond acceptors (Lipinski definition) is 6. The zero-order valence-corrected chi connectivity index (χ0v) is 22.4. The fraction of sp³-hybridized carbons (Fsp3) is 0.400. The second-order valence-corrected chi connectivity index (χ2v) is 10.3. The highest BCUT2D eigenvalue weighted by molar-refractivity contribution is 6.15. The summed E-state index contributed by atoms with van der Waals surface area (Å²) in [6.45, 7) is 9.10. The highest BCUT2D eigenvalue weighted by atomic mass is 16.2. The van der Waals surface area contributed by atoms with E-state index >= 15 is 0 Å². The van der Waals surface area contributed by atoms with Gasteiger partial charge < -0.3 is 20.0 Å². The minimum absolute atomic E-state index is 0.00846. The zero-order valence-electron chi connectivity index (χ0n) is 22.4. The van der Waals surface area contributed by atoms with Gasteiger partial charge in [-0.3, -0.25) is 9.69 Å². The van der Waals surface area contributed by atoms with Crippen LogP contribution in [0.4, 0.5) is 17.1 Å². The van der Waals surface area contributed by atoms with E-state index in [2.05, 4.69) is 82.6 Å². The second kappa shape index (κ2) is 10.8. The number of likely N-dealkylation sites (N-methyl/N-ethyl adjacent to an activating group) is 2. The predicted octanol–water partition coefficient (Wildman–Crippen LogP) is 4.00. The molecule has 1 fully saturated rings. The van der Waals surface area contributed by atoms with Crippen LogP contribution in [0.15, 0.2) is 77.3 Å². The number of hydrogen-bond donors (Lipinski definition) is 1. The number of anilines is 3. The smallest absolute Gasteiger partial charge is 0.252 e. The lowest BCUT2D eigenvalue weighted by Gasteiger charge is -2.41. The molecule has 0 aromatic heterocycles. The first-order chi connectivity index (χ1) is 17.9. The van der Waals surface area contributed by atoms with Crippen molar-refractivity contribution in [3.63, 3.8) is 0 Å². The maximum atomic E-state index is 13.2. The molecule has 2 atom stereocenters. The Morgan fingerprint density at radius 1 is 1.00 bits per heavy atom. The molecule has 7 nitrogen and oxygen atoms in total. The van der Waals surface area contributed by atoms with Crippen LogP contribution in [0.3, 0.4) is 0 Å². The summed E-state index contributed by atoms with van der Waals surface area (Å²) in [5.41, 5.74) is 5.74. The molecule has 3 aliphatic rings. The molecule has 194 valence electrons. The van der Waals surface area contributed by atoms with Gasteiger partial charge in [-0.15, -0.1) is 0 Å². The molecule has 2 aromatic rings. The predicted molar refractivity (Wildman–Crippen MR) is 154 cm³/mol. The number of rotatable bonds is 5. The van der Waals surface area contributed by atoms with E-state index < -0.39 is 0 Å². The van der Waals surface area contributed by atoms with Crippen LogP contribution in [0.1, 0.15) is 19.4 Å². The lowest BCUT2D eigenvalue weighted by atomic mass is 9.95. The van der Waals surface area contributed by atoms with Gasteiger partial charge >= 0.3 is 0 Å². The van der Waals surface area contributed by atoms with Crippen molar-refractivity contribution in [3.8, 4) is 0 Å². The molecule has 2 aromatic carbocycles. The van der Waals surface area contributed by atoms with Crippen molar-refractivity contribution >= 4 is 28.8 Å². The van der Waals surface area contributed by atoms with E-state index in [0.29, 0.717) is 0 Å². The Labute approximate surface area is 220 Å². The van der Waals surface area contributed by atoms with Crippen molar-refractivity contribution in [2.24, 2.45) is 4.99 Å². The van der Waals surface area contributed by atoms with Crippen LogP contribution in [0.5, 0.6) is 0 Å². The minimum Gasteiger partial charge on any atom is -0.372 e. The third-order valence-electron chi connectivity index (χ3n) is 7.58. The third kappa shape index (κ3) is 5.42. The molecule has 0 radical (unpaired) electrons. The van der Waals surface area contributed by atoms with Gasteiger partial charge in [-0.05, 0) is 69.3 Å². The largest absolute Gasteiger partial charge is 0.372 e. The zero-order chi connectivity index (χ0) is 25.9. The summed E-state index contributed by atoms with van der Waals surface area (Å²) in [6, 6.07) is 17.1. The molecule has 1 N–H and O–H groups in total. The van der Waals surface area contributed by atoms with Gasteiger partial charge in [0.15, 0.2) is 0 Å². The van der Waals surface area contributed by atoms with Crippen molar-refractivity contribution in [2.45, 2.75) is 32.5 Å². The number of carbonyl (C=O) groups is 1. The number of amidine groups is 1. The highest BCUT2D eigenvalue weighted by Gasteiger charge is 2.35. The number of benzene rings is 2. The summed E-state index contributed by atoms with van der Waals surface area (Å²) in [7, 11) is 4.27. The third-order valence-corrected chi connectivity index (χ3v) is 7.58. The molecule has 1 saturated heterocycles. The second-order valence-electron chi connectivity index (χ2n) is 10.3. The van der Waals surface area contributed by atoms with E-state index in [9.17, 15) is 4.79 Å². The molecule has 0 spiro atoms. The van der Waals surface area contributed by atoms with Gasteiger partial charge in [0.1, 0.15) is 12.0 Å².